The first-order valence-electron chi connectivity index (χ1n) is 6.68. The summed E-state index contributed by atoms with van der Waals surface area (Å²) in [7, 11) is 2.69. The molecule has 0 radical (unpaired) electrons. The third-order valence-electron chi connectivity index (χ3n) is 3.66. The number of ether oxygens (including phenoxy) is 2. The predicted octanol–water partition coefficient (Wildman–Crippen LogP) is 1.73. The van der Waals surface area contributed by atoms with Gasteiger partial charge in [0.1, 0.15) is 11.1 Å². The Hall–Kier alpha value is -2.38. The van der Waals surface area contributed by atoms with Crippen molar-refractivity contribution in [1.29, 1.82) is 0 Å². The first-order chi connectivity index (χ1) is 11.0. The van der Waals surface area contributed by atoms with Crippen LogP contribution in [0.25, 0.3) is 10.8 Å². The van der Waals surface area contributed by atoms with Crippen molar-refractivity contribution >= 4 is 39.9 Å². The molecule has 1 aliphatic rings. The fourth-order valence-corrected chi connectivity index (χ4v) is 2.80. The van der Waals surface area contributed by atoms with Gasteiger partial charge in [0, 0.05) is 12.5 Å². The molecule has 0 spiro atoms. The van der Waals surface area contributed by atoms with Crippen LogP contribution in [0.4, 0.5) is 5.69 Å². The molecule has 1 atom stereocenters. The zero-order chi connectivity index (χ0) is 16.7. The zero-order valence-electron chi connectivity index (χ0n) is 12.3. The summed E-state index contributed by atoms with van der Waals surface area (Å²) in [5, 5.41) is 0.697. The van der Waals surface area contributed by atoms with E-state index in [0.29, 0.717) is 5.39 Å². The van der Waals surface area contributed by atoms with Gasteiger partial charge in [-0.3, -0.25) is 9.59 Å². The molecule has 0 N–H and O–H groups in total. The van der Waals surface area contributed by atoms with Crippen molar-refractivity contribution < 1.29 is 23.5 Å². The highest BCUT2D eigenvalue weighted by atomic mass is 35.5. The number of nitrogens with zero attached hydrogens (tertiary/aromatic N) is 1. The van der Waals surface area contributed by atoms with Gasteiger partial charge >= 0.3 is 11.6 Å². The summed E-state index contributed by atoms with van der Waals surface area (Å²) in [4.78, 5) is 37.2. The van der Waals surface area contributed by atoms with Crippen molar-refractivity contribution in [3.05, 3.63) is 33.6 Å². The molecule has 120 valence electrons. The van der Waals surface area contributed by atoms with Crippen LogP contribution in [0.5, 0.6) is 5.95 Å². The van der Waals surface area contributed by atoms with Crippen molar-refractivity contribution in [2.45, 2.75) is 12.5 Å². The number of amides is 2. The minimum Gasteiger partial charge on any atom is -0.467 e. The standard InChI is InChI=1S/C15H12ClNO6/c1-21-10-6-11(18)17(13(10)19)7-3-4-8-9(5-7)14(20)23-15(22-2)12(8)16/h3-5,10H,6H2,1-2H3. The SMILES string of the molecule is COc1oc(=O)c2cc(N3C(=O)CC(OC)C3=O)ccc2c1Cl. The molecule has 8 heteroatoms. The smallest absolute Gasteiger partial charge is 0.346 e. The van der Waals surface area contributed by atoms with E-state index in [1.165, 1.54) is 32.4 Å². The molecule has 1 unspecified atom stereocenters. The van der Waals surface area contributed by atoms with E-state index in [-0.39, 0.29) is 28.5 Å². The number of hydrogen-bond acceptors (Lipinski definition) is 6. The maximum absolute atomic E-state index is 12.2. The van der Waals surface area contributed by atoms with E-state index in [1.807, 2.05) is 0 Å². The fraction of sp³-hybridized carbons (Fsp3) is 0.267. The number of fused-ring (bicyclic) bond motifs is 1. The lowest BCUT2D eigenvalue weighted by Gasteiger charge is -2.15. The molecule has 0 aliphatic carbocycles. The van der Waals surface area contributed by atoms with Crippen LogP contribution in [0.3, 0.4) is 0 Å². The molecule has 2 amide bonds. The molecule has 1 aliphatic heterocycles. The quantitative estimate of drug-likeness (QED) is 0.793. The number of anilines is 1. The number of benzene rings is 1. The molecule has 3 rings (SSSR count). The van der Waals surface area contributed by atoms with Crippen LogP contribution < -0.4 is 15.3 Å². The van der Waals surface area contributed by atoms with Crippen molar-refractivity contribution in [2.75, 3.05) is 19.1 Å². The third-order valence-corrected chi connectivity index (χ3v) is 4.02. The van der Waals surface area contributed by atoms with E-state index in [1.54, 1.807) is 0 Å². The molecule has 0 saturated carbocycles. The summed E-state index contributed by atoms with van der Waals surface area (Å²) in [6.07, 6.45) is -0.847. The number of halogens is 1. The molecule has 1 aromatic heterocycles. The van der Waals surface area contributed by atoms with E-state index in [9.17, 15) is 14.4 Å². The molecular formula is C15H12ClNO6. The maximum Gasteiger partial charge on any atom is 0.346 e. The maximum atomic E-state index is 12.2. The molecule has 2 aromatic rings. The van der Waals surface area contributed by atoms with Crippen molar-refractivity contribution in [3.8, 4) is 5.95 Å². The normalized spacial score (nSPS) is 18.0. The van der Waals surface area contributed by atoms with Gasteiger partial charge in [0.05, 0.1) is 24.6 Å². The Morgan fingerprint density at radius 3 is 2.57 bits per heavy atom. The van der Waals surface area contributed by atoms with Crippen molar-refractivity contribution in [3.63, 3.8) is 0 Å². The van der Waals surface area contributed by atoms with Gasteiger partial charge in [0.25, 0.3) is 5.91 Å². The number of carbonyl (C=O) groups is 2. The van der Waals surface area contributed by atoms with Gasteiger partial charge in [-0.15, -0.1) is 0 Å². The van der Waals surface area contributed by atoms with Gasteiger partial charge in [-0.1, -0.05) is 17.7 Å². The minimum absolute atomic E-state index is 0.0364. The van der Waals surface area contributed by atoms with Crippen molar-refractivity contribution in [1.82, 2.24) is 0 Å². The lowest BCUT2D eigenvalue weighted by molar-refractivity contribution is -0.125. The van der Waals surface area contributed by atoms with Gasteiger partial charge < -0.3 is 13.9 Å². The lowest BCUT2D eigenvalue weighted by Crippen LogP contribution is -2.32. The number of imide groups is 1. The zero-order valence-corrected chi connectivity index (χ0v) is 13.0. The monoisotopic (exact) mass is 337 g/mol. The number of hydrogen-bond donors (Lipinski definition) is 0. The van der Waals surface area contributed by atoms with Gasteiger partial charge in [0.15, 0.2) is 0 Å². The highest BCUT2D eigenvalue weighted by Gasteiger charge is 2.39. The van der Waals surface area contributed by atoms with Gasteiger partial charge in [0.2, 0.25) is 5.91 Å². The molecule has 2 heterocycles. The second-order valence-electron chi connectivity index (χ2n) is 4.92. The van der Waals surface area contributed by atoms with E-state index < -0.39 is 23.5 Å². The molecular weight excluding hydrogens is 326 g/mol. The summed E-state index contributed by atoms with van der Waals surface area (Å²) < 4.78 is 14.8. The Labute approximate surface area is 135 Å². The van der Waals surface area contributed by atoms with E-state index in [0.717, 1.165) is 4.90 Å². The molecule has 1 saturated heterocycles. The predicted molar refractivity (Wildman–Crippen MR) is 82.0 cm³/mol. The van der Waals surface area contributed by atoms with Crippen molar-refractivity contribution in [2.24, 2.45) is 0 Å². The Morgan fingerprint density at radius 1 is 1.22 bits per heavy atom. The van der Waals surface area contributed by atoms with E-state index >= 15 is 0 Å². The molecule has 1 fully saturated rings. The topological polar surface area (TPSA) is 86.1 Å². The molecule has 7 nitrogen and oxygen atoms in total. The fourth-order valence-electron chi connectivity index (χ4n) is 2.52. The second kappa shape index (κ2) is 5.68. The van der Waals surface area contributed by atoms with Crippen LogP contribution in [0.15, 0.2) is 27.4 Å². The van der Waals surface area contributed by atoms with Crippen LogP contribution in [-0.4, -0.2) is 32.1 Å². The first kappa shape index (κ1) is 15.5. The molecule has 1 aromatic carbocycles. The van der Waals surface area contributed by atoms with Crippen LogP contribution >= 0.6 is 11.6 Å². The van der Waals surface area contributed by atoms with Crippen LogP contribution in [-0.2, 0) is 14.3 Å². The van der Waals surface area contributed by atoms with Gasteiger partial charge in [-0.2, -0.15) is 0 Å². The van der Waals surface area contributed by atoms with Crippen LogP contribution in [0.1, 0.15) is 6.42 Å². The van der Waals surface area contributed by atoms with Crippen LogP contribution in [0.2, 0.25) is 5.02 Å². The third kappa shape index (κ3) is 2.38. The number of methoxy groups -OCH3 is 2. The van der Waals surface area contributed by atoms with E-state index in [4.69, 9.17) is 25.5 Å². The molecule has 23 heavy (non-hydrogen) atoms. The van der Waals surface area contributed by atoms with Crippen LogP contribution in [0, 0.1) is 0 Å². The largest absolute Gasteiger partial charge is 0.467 e. The summed E-state index contributed by atoms with van der Waals surface area (Å²) in [5.74, 6) is -0.962. The summed E-state index contributed by atoms with van der Waals surface area (Å²) >= 11 is 6.10. The highest BCUT2D eigenvalue weighted by molar-refractivity contribution is 6.36. The Morgan fingerprint density at radius 2 is 1.96 bits per heavy atom. The lowest BCUT2D eigenvalue weighted by atomic mass is 10.1. The number of carbonyl (C=O) groups excluding carboxylic acids is 2. The summed E-state index contributed by atoms with van der Waals surface area (Å²) in [6, 6.07) is 4.45. The molecule has 0 bridgehead atoms. The second-order valence-corrected chi connectivity index (χ2v) is 5.30. The average molecular weight is 338 g/mol. The van der Waals surface area contributed by atoms with E-state index in [2.05, 4.69) is 0 Å². The number of rotatable bonds is 3. The van der Waals surface area contributed by atoms with Gasteiger partial charge in [-0.05, 0) is 12.1 Å². The van der Waals surface area contributed by atoms with Gasteiger partial charge in [-0.25, -0.2) is 9.69 Å². The first-order valence-corrected chi connectivity index (χ1v) is 7.05. The minimum atomic E-state index is -0.811. The average Bonchev–Trinajstić information content (AvgIpc) is 2.84. The highest BCUT2D eigenvalue weighted by Crippen LogP contribution is 2.33. The summed E-state index contributed by atoms with van der Waals surface area (Å²) in [6.45, 7) is 0. The Kier molecular flexibility index (Phi) is 3.83. The Bertz CT molecular complexity index is 874. The summed E-state index contributed by atoms with van der Waals surface area (Å²) in [5.41, 5.74) is -0.411. The Balaban J connectivity index is 2.15.